The first kappa shape index (κ1) is 10.9. The average molecular weight is 234 g/mol. The van der Waals surface area contributed by atoms with Crippen LogP contribution in [0.4, 0.5) is 11.6 Å². The summed E-state index contributed by atoms with van der Waals surface area (Å²) in [5.41, 5.74) is 0. The molecule has 84 valence electrons. The zero-order chi connectivity index (χ0) is 11.4. The van der Waals surface area contributed by atoms with Gasteiger partial charge in [0, 0.05) is 18.0 Å². The molecule has 5 heteroatoms. The van der Waals surface area contributed by atoms with E-state index in [2.05, 4.69) is 32.0 Å². The van der Waals surface area contributed by atoms with Crippen LogP contribution < -0.4 is 10.6 Å². The van der Waals surface area contributed by atoms with Crippen molar-refractivity contribution in [2.45, 2.75) is 13.5 Å². The Morgan fingerprint density at radius 1 is 1.31 bits per heavy atom. The van der Waals surface area contributed by atoms with Crippen molar-refractivity contribution in [3.63, 3.8) is 0 Å². The van der Waals surface area contributed by atoms with E-state index in [0.29, 0.717) is 0 Å². The molecular weight excluding hydrogens is 220 g/mol. The summed E-state index contributed by atoms with van der Waals surface area (Å²) in [5, 5.41) is 8.37. The van der Waals surface area contributed by atoms with E-state index in [4.69, 9.17) is 0 Å². The van der Waals surface area contributed by atoms with Crippen LogP contribution in [0, 0.1) is 6.92 Å². The first-order valence-electron chi connectivity index (χ1n) is 5.07. The number of hydrogen-bond acceptors (Lipinski definition) is 5. The minimum Gasteiger partial charge on any atom is -0.373 e. The Hall–Kier alpha value is -1.62. The van der Waals surface area contributed by atoms with Crippen LogP contribution in [-0.2, 0) is 6.54 Å². The summed E-state index contributed by atoms with van der Waals surface area (Å²) in [6.45, 7) is 2.69. The smallest absolute Gasteiger partial charge is 0.132 e. The minimum atomic E-state index is 0.764. The molecule has 2 heterocycles. The van der Waals surface area contributed by atoms with Gasteiger partial charge in [-0.05, 0) is 18.4 Å². The molecular formula is C11H14N4S. The number of nitrogens with zero attached hydrogens (tertiary/aromatic N) is 2. The number of hydrogen-bond donors (Lipinski definition) is 2. The van der Waals surface area contributed by atoms with E-state index in [1.807, 2.05) is 26.1 Å². The van der Waals surface area contributed by atoms with Gasteiger partial charge in [0.05, 0.1) is 6.54 Å². The third kappa shape index (κ3) is 2.70. The van der Waals surface area contributed by atoms with E-state index in [0.717, 1.165) is 24.0 Å². The Bertz CT molecular complexity index is 453. The third-order valence-electron chi connectivity index (χ3n) is 2.12. The van der Waals surface area contributed by atoms with Gasteiger partial charge in [-0.15, -0.1) is 11.3 Å². The van der Waals surface area contributed by atoms with E-state index < -0.39 is 0 Å². The van der Waals surface area contributed by atoms with Gasteiger partial charge in [0.25, 0.3) is 0 Å². The largest absolute Gasteiger partial charge is 0.373 e. The fourth-order valence-corrected chi connectivity index (χ4v) is 2.02. The molecule has 0 saturated heterocycles. The fourth-order valence-electron chi connectivity index (χ4n) is 1.38. The maximum Gasteiger partial charge on any atom is 0.132 e. The number of nitrogens with one attached hydrogen (secondary N) is 2. The lowest BCUT2D eigenvalue weighted by Crippen LogP contribution is -2.04. The standard InChI is InChI=1S/C11H14N4S/c1-8-14-10(12-2)6-11(15-8)13-7-9-4-3-5-16-9/h3-6H,7H2,1-2H3,(H2,12,13,14,15). The molecule has 0 saturated carbocycles. The summed E-state index contributed by atoms with van der Waals surface area (Å²) in [5.74, 6) is 2.45. The highest BCUT2D eigenvalue weighted by Gasteiger charge is 2.00. The third-order valence-corrected chi connectivity index (χ3v) is 2.99. The van der Waals surface area contributed by atoms with Crippen LogP contribution in [0.1, 0.15) is 10.7 Å². The topological polar surface area (TPSA) is 49.8 Å². The van der Waals surface area contributed by atoms with Gasteiger partial charge >= 0.3 is 0 Å². The van der Waals surface area contributed by atoms with E-state index >= 15 is 0 Å². The molecule has 2 N–H and O–H groups in total. The quantitative estimate of drug-likeness (QED) is 0.853. The summed E-state index contributed by atoms with van der Waals surface area (Å²) < 4.78 is 0. The zero-order valence-electron chi connectivity index (χ0n) is 9.32. The number of thiophene rings is 1. The molecule has 0 unspecified atom stereocenters. The van der Waals surface area contributed by atoms with Crippen LogP contribution in [0.3, 0.4) is 0 Å². The van der Waals surface area contributed by atoms with Gasteiger partial charge in [-0.25, -0.2) is 9.97 Å². The summed E-state index contributed by atoms with van der Waals surface area (Å²) in [6.07, 6.45) is 0. The minimum absolute atomic E-state index is 0.764. The van der Waals surface area contributed by atoms with Crippen molar-refractivity contribution in [1.82, 2.24) is 9.97 Å². The van der Waals surface area contributed by atoms with E-state index in [9.17, 15) is 0 Å². The molecule has 0 aliphatic carbocycles. The molecule has 4 nitrogen and oxygen atoms in total. The molecule has 2 aromatic rings. The van der Waals surface area contributed by atoms with Gasteiger partial charge in [0.2, 0.25) is 0 Å². The molecule has 0 aromatic carbocycles. The van der Waals surface area contributed by atoms with Crippen molar-refractivity contribution in [2.24, 2.45) is 0 Å². The molecule has 0 aliphatic heterocycles. The lowest BCUT2D eigenvalue weighted by atomic mass is 10.4. The van der Waals surface area contributed by atoms with Crippen molar-refractivity contribution in [2.75, 3.05) is 17.7 Å². The molecule has 0 fully saturated rings. The molecule has 0 atom stereocenters. The van der Waals surface area contributed by atoms with Gasteiger partial charge in [0.15, 0.2) is 0 Å². The molecule has 0 aliphatic rings. The van der Waals surface area contributed by atoms with Crippen LogP contribution in [0.15, 0.2) is 23.6 Å². The number of aryl methyl sites for hydroxylation is 1. The summed E-state index contributed by atoms with van der Waals surface area (Å²) in [6, 6.07) is 6.05. The predicted molar refractivity (Wildman–Crippen MR) is 68.0 cm³/mol. The van der Waals surface area contributed by atoms with Crippen molar-refractivity contribution in [3.05, 3.63) is 34.3 Å². The van der Waals surface area contributed by atoms with Crippen LogP contribution in [0.25, 0.3) is 0 Å². The summed E-state index contributed by atoms with van der Waals surface area (Å²) in [4.78, 5) is 9.86. The van der Waals surface area contributed by atoms with Crippen molar-refractivity contribution >= 4 is 23.0 Å². The van der Waals surface area contributed by atoms with Crippen LogP contribution >= 0.6 is 11.3 Å². The first-order valence-corrected chi connectivity index (χ1v) is 5.95. The number of anilines is 2. The molecule has 0 radical (unpaired) electrons. The van der Waals surface area contributed by atoms with Crippen LogP contribution in [0.5, 0.6) is 0 Å². The maximum absolute atomic E-state index is 4.32. The van der Waals surface area contributed by atoms with Crippen molar-refractivity contribution in [1.29, 1.82) is 0 Å². The number of rotatable bonds is 4. The van der Waals surface area contributed by atoms with Gasteiger partial charge in [-0.3, -0.25) is 0 Å². The zero-order valence-corrected chi connectivity index (χ0v) is 10.1. The molecule has 0 bridgehead atoms. The van der Waals surface area contributed by atoms with Crippen LogP contribution in [0.2, 0.25) is 0 Å². The Kier molecular flexibility index (Phi) is 3.36. The number of aromatic nitrogens is 2. The van der Waals surface area contributed by atoms with Crippen molar-refractivity contribution < 1.29 is 0 Å². The average Bonchev–Trinajstić information content (AvgIpc) is 2.78. The highest BCUT2D eigenvalue weighted by molar-refractivity contribution is 7.09. The second-order valence-electron chi connectivity index (χ2n) is 3.37. The van der Waals surface area contributed by atoms with E-state index in [-0.39, 0.29) is 0 Å². The van der Waals surface area contributed by atoms with Gasteiger partial charge < -0.3 is 10.6 Å². The Balaban J connectivity index is 2.06. The molecule has 16 heavy (non-hydrogen) atoms. The van der Waals surface area contributed by atoms with Crippen LogP contribution in [-0.4, -0.2) is 17.0 Å². The van der Waals surface area contributed by atoms with Gasteiger partial charge in [0.1, 0.15) is 17.5 Å². The highest BCUT2D eigenvalue weighted by atomic mass is 32.1. The SMILES string of the molecule is CNc1cc(NCc2cccs2)nc(C)n1. The Morgan fingerprint density at radius 2 is 2.12 bits per heavy atom. The second kappa shape index (κ2) is 4.94. The molecule has 0 amide bonds. The monoisotopic (exact) mass is 234 g/mol. The summed E-state index contributed by atoms with van der Waals surface area (Å²) in [7, 11) is 1.85. The van der Waals surface area contributed by atoms with Gasteiger partial charge in [-0.2, -0.15) is 0 Å². The maximum atomic E-state index is 4.32. The lowest BCUT2D eigenvalue weighted by Gasteiger charge is -2.07. The Labute approximate surface area is 98.8 Å². The molecule has 0 spiro atoms. The predicted octanol–water partition coefficient (Wildman–Crippen LogP) is 2.50. The fraction of sp³-hybridized carbons (Fsp3) is 0.273. The molecule has 2 rings (SSSR count). The lowest BCUT2D eigenvalue weighted by molar-refractivity contribution is 1.03. The van der Waals surface area contributed by atoms with E-state index in [1.54, 1.807) is 11.3 Å². The second-order valence-corrected chi connectivity index (χ2v) is 4.40. The summed E-state index contributed by atoms with van der Waals surface area (Å²) >= 11 is 1.73. The highest BCUT2D eigenvalue weighted by Crippen LogP contribution is 2.14. The molecule has 2 aromatic heterocycles. The normalized spacial score (nSPS) is 10.1. The van der Waals surface area contributed by atoms with Gasteiger partial charge in [-0.1, -0.05) is 6.07 Å². The Morgan fingerprint density at radius 3 is 2.81 bits per heavy atom. The van der Waals surface area contributed by atoms with Crippen molar-refractivity contribution in [3.8, 4) is 0 Å². The van der Waals surface area contributed by atoms with E-state index in [1.165, 1.54) is 4.88 Å². The first-order chi connectivity index (χ1) is 7.78.